The minimum Gasteiger partial charge on any atom is -0.493 e. The third-order valence-corrected chi connectivity index (χ3v) is 8.44. The van der Waals surface area contributed by atoms with E-state index in [0.29, 0.717) is 24.5 Å². The monoisotopic (exact) mass is 526 g/mol. The second-order valence-electron chi connectivity index (χ2n) is 9.04. The molecule has 1 saturated carbocycles. The molecule has 1 aliphatic rings. The molecule has 1 fully saturated rings. The van der Waals surface area contributed by atoms with Crippen LogP contribution in [0.1, 0.15) is 53.5 Å². The van der Waals surface area contributed by atoms with Gasteiger partial charge in [-0.3, -0.25) is 9.59 Å². The SMILES string of the molecule is COc1ccc(CCN(C(=O)Cc2cccs2)[C@H](C(=O)NC2CCCCC2)c2cccs2)cc1OC. The molecule has 0 radical (unpaired) electrons. The van der Waals surface area contributed by atoms with Crippen molar-refractivity contribution in [3.8, 4) is 11.5 Å². The van der Waals surface area contributed by atoms with Crippen molar-refractivity contribution in [1.82, 2.24) is 10.2 Å². The molecule has 0 unspecified atom stereocenters. The maximum atomic E-state index is 13.7. The summed E-state index contributed by atoms with van der Waals surface area (Å²) in [6, 6.07) is 13.1. The molecule has 1 aromatic carbocycles. The number of carbonyl (C=O) groups excluding carboxylic acids is 2. The van der Waals surface area contributed by atoms with Crippen LogP contribution in [0.5, 0.6) is 11.5 Å². The third-order valence-electron chi connectivity index (χ3n) is 6.64. The summed E-state index contributed by atoms with van der Waals surface area (Å²) in [5.74, 6) is 1.18. The number of methoxy groups -OCH3 is 2. The summed E-state index contributed by atoms with van der Waals surface area (Å²) >= 11 is 3.08. The van der Waals surface area contributed by atoms with E-state index in [4.69, 9.17) is 9.47 Å². The maximum Gasteiger partial charge on any atom is 0.248 e. The summed E-state index contributed by atoms with van der Waals surface area (Å²) in [5.41, 5.74) is 1.01. The van der Waals surface area contributed by atoms with Crippen molar-refractivity contribution in [2.75, 3.05) is 20.8 Å². The molecule has 2 aromatic heterocycles. The smallest absolute Gasteiger partial charge is 0.248 e. The number of amides is 2. The van der Waals surface area contributed by atoms with Gasteiger partial charge in [0.05, 0.1) is 20.6 Å². The lowest BCUT2D eigenvalue weighted by Gasteiger charge is -2.33. The van der Waals surface area contributed by atoms with Gasteiger partial charge in [0.1, 0.15) is 6.04 Å². The van der Waals surface area contributed by atoms with Crippen molar-refractivity contribution in [2.24, 2.45) is 0 Å². The van der Waals surface area contributed by atoms with E-state index in [1.807, 2.05) is 53.2 Å². The fourth-order valence-corrected chi connectivity index (χ4v) is 6.28. The van der Waals surface area contributed by atoms with Crippen LogP contribution in [0.25, 0.3) is 0 Å². The van der Waals surface area contributed by atoms with E-state index in [-0.39, 0.29) is 24.3 Å². The quantitative estimate of drug-likeness (QED) is 0.352. The Morgan fingerprint density at radius 3 is 2.42 bits per heavy atom. The zero-order valence-electron chi connectivity index (χ0n) is 20.9. The lowest BCUT2D eigenvalue weighted by Crippen LogP contribution is -2.47. The van der Waals surface area contributed by atoms with Gasteiger partial charge in [0.25, 0.3) is 0 Å². The van der Waals surface area contributed by atoms with Crippen LogP contribution in [0.3, 0.4) is 0 Å². The van der Waals surface area contributed by atoms with E-state index in [9.17, 15) is 9.59 Å². The number of benzene rings is 1. The first-order chi connectivity index (χ1) is 17.6. The molecular formula is C28H34N2O4S2. The zero-order valence-corrected chi connectivity index (χ0v) is 22.5. The molecule has 0 aliphatic heterocycles. The van der Waals surface area contributed by atoms with Gasteiger partial charge in [-0.15, -0.1) is 22.7 Å². The Hall–Kier alpha value is -2.84. The molecular weight excluding hydrogens is 492 g/mol. The summed E-state index contributed by atoms with van der Waals surface area (Å²) < 4.78 is 10.8. The van der Waals surface area contributed by atoms with Crippen molar-refractivity contribution in [2.45, 2.75) is 57.0 Å². The number of hydrogen-bond acceptors (Lipinski definition) is 6. The van der Waals surface area contributed by atoms with Crippen LogP contribution in [0.15, 0.2) is 53.2 Å². The molecule has 36 heavy (non-hydrogen) atoms. The largest absolute Gasteiger partial charge is 0.493 e. The lowest BCUT2D eigenvalue weighted by molar-refractivity contribution is -0.140. The predicted octanol–water partition coefficient (Wildman–Crippen LogP) is 5.63. The normalized spacial score (nSPS) is 14.7. The van der Waals surface area contributed by atoms with E-state index < -0.39 is 6.04 Å². The summed E-state index contributed by atoms with van der Waals surface area (Å²) in [5, 5.41) is 7.21. The number of ether oxygens (including phenoxy) is 2. The molecule has 192 valence electrons. The Bertz CT molecular complexity index is 1110. The van der Waals surface area contributed by atoms with Gasteiger partial charge in [-0.1, -0.05) is 37.5 Å². The van der Waals surface area contributed by atoms with Gasteiger partial charge in [0.2, 0.25) is 11.8 Å². The summed E-state index contributed by atoms with van der Waals surface area (Å²) in [6.45, 7) is 0.417. The Balaban J connectivity index is 1.60. The van der Waals surface area contributed by atoms with Crippen LogP contribution in [0, 0.1) is 0 Å². The minimum absolute atomic E-state index is 0.0462. The fourth-order valence-electron chi connectivity index (χ4n) is 4.75. The van der Waals surface area contributed by atoms with Gasteiger partial charge in [-0.25, -0.2) is 0 Å². The number of nitrogens with one attached hydrogen (secondary N) is 1. The fraction of sp³-hybridized carbons (Fsp3) is 0.429. The highest BCUT2D eigenvalue weighted by atomic mass is 32.1. The molecule has 4 rings (SSSR count). The zero-order chi connectivity index (χ0) is 25.3. The van der Waals surface area contributed by atoms with Gasteiger partial charge in [-0.2, -0.15) is 0 Å². The Labute approximate surface area is 221 Å². The van der Waals surface area contributed by atoms with Crippen molar-refractivity contribution < 1.29 is 19.1 Å². The van der Waals surface area contributed by atoms with Gasteiger partial charge >= 0.3 is 0 Å². The molecule has 1 N–H and O–H groups in total. The standard InChI is InChI=1S/C28H34N2O4S2/c1-33-23-13-12-20(18-24(23)34-2)14-15-30(26(31)19-22-10-6-16-35-22)27(25-11-7-17-36-25)28(32)29-21-8-4-3-5-9-21/h6-7,10-13,16-18,21,27H,3-5,8-9,14-15,19H2,1-2H3,(H,29,32)/t27-/m0/s1. The highest BCUT2D eigenvalue weighted by molar-refractivity contribution is 7.10. The number of carbonyl (C=O) groups is 2. The van der Waals surface area contributed by atoms with Crippen molar-refractivity contribution in [3.63, 3.8) is 0 Å². The average molecular weight is 527 g/mol. The van der Waals surface area contributed by atoms with Crippen LogP contribution in [0.2, 0.25) is 0 Å². The Morgan fingerprint density at radius 2 is 1.75 bits per heavy atom. The van der Waals surface area contributed by atoms with Crippen molar-refractivity contribution >= 4 is 34.5 Å². The van der Waals surface area contributed by atoms with Crippen LogP contribution in [-0.4, -0.2) is 43.5 Å². The molecule has 0 spiro atoms. The molecule has 0 bridgehead atoms. The molecule has 6 nitrogen and oxygen atoms in total. The first-order valence-corrected chi connectivity index (χ1v) is 14.2. The topological polar surface area (TPSA) is 67.9 Å². The van der Waals surface area contributed by atoms with E-state index in [2.05, 4.69) is 5.32 Å². The number of nitrogens with zero attached hydrogens (tertiary/aromatic N) is 1. The van der Waals surface area contributed by atoms with Gasteiger partial charge in [-0.05, 0) is 59.9 Å². The molecule has 0 saturated heterocycles. The lowest BCUT2D eigenvalue weighted by atomic mass is 9.95. The number of rotatable bonds is 11. The molecule has 3 aromatic rings. The van der Waals surface area contributed by atoms with Crippen molar-refractivity contribution in [3.05, 3.63) is 68.5 Å². The summed E-state index contributed by atoms with van der Waals surface area (Å²) in [6.07, 6.45) is 6.36. The second-order valence-corrected chi connectivity index (χ2v) is 11.1. The van der Waals surface area contributed by atoms with Crippen LogP contribution in [0.4, 0.5) is 0 Å². The highest BCUT2D eigenvalue weighted by Crippen LogP contribution is 2.30. The van der Waals surface area contributed by atoms with E-state index in [1.54, 1.807) is 30.5 Å². The average Bonchev–Trinajstić information content (AvgIpc) is 3.61. The molecule has 1 aliphatic carbocycles. The van der Waals surface area contributed by atoms with E-state index in [1.165, 1.54) is 17.8 Å². The molecule has 8 heteroatoms. The van der Waals surface area contributed by atoms with E-state index >= 15 is 0 Å². The number of hydrogen-bond donors (Lipinski definition) is 1. The Morgan fingerprint density at radius 1 is 1.00 bits per heavy atom. The first kappa shape index (κ1) is 26.2. The van der Waals surface area contributed by atoms with Crippen LogP contribution >= 0.6 is 22.7 Å². The number of thiophene rings is 2. The van der Waals surface area contributed by atoms with E-state index in [0.717, 1.165) is 41.0 Å². The van der Waals surface area contributed by atoms with Crippen molar-refractivity contribution in [1.29, 1.82) is 0 Å². The Kier molecular flexibility index (Phi) is 9.41. The first-order valence-electron chi connectivity index (χ1n) is 12.5. The van der Waals surface area contributed by atoms with Crippen LogP contribution < -0.4 is 14.8 Å². The van der Waals surface area contributed by atoms with Gasteiger partial charge < -0.3 is 19.7 Å². The second kappa shape index (κ2) is 12.9. The predicted molar refractivity (Wildman–Crippen MR) is 145 cm³/mol. The molecule has 2 heterocycles. The molecule has 2 amide bonds. The van der Waals surface area contributed by atoms with Gasteiger partial charge in [0, 0.05) is 22.3 Å². The minimum atomic E-state index is -0.653. The third kappa shape index (κ3) is 6.68. The molecule has 1 atom stereocenters. The maximum absolute atomic E-state index is 13.7. The summed E-state index contributed by atoms with van der Waals surface area (Å²) in [7, 11) is 3.22. The highest BCUT2D eigenvalue weighted by Gasteiger charge is 2.33. The summed E-state index contributed by atoms with van der Waals surface area (Å²) in [4.78, 5) is 31.1. The van der Waals surface area contributed by atoms with Crippen LogP contribution in [-0.2, 0) is 22.4 Å². The van der Waals surface area contributed by atoms with Gasteiger partial charge in [0.15, 0.2) is 11.5 Å².